The van der Waals surface area contributed by atoms with Crippen molar-refractivity contribution in [2.45, 2.75) is 105 Å². The Morgan fingerprint density at radius 3 is 1.79 bits per heavy atom. The zero-order chi connectivity index (χ0) is 53.4. The lowest BCUT2D eigenvalue weighted by molar-refractivity contribution is -0.142. The van der Waals surface area contributed by atoms with Crippen molar-refractivity contribution in [2.75, 3.05) is 30.4 Å². The van der Waals surface area contributed by atoms with E-state index in [0.717, 1.165) is 84.8 Å². The largest absolute Gasteiger partial charge is 0.461 e. The first-order valence-electron chi connectivity index (χ1n) is 24.7. The van der Waals surface area contributed by atoms with Crippen LogP contribution in [0, 0.1) is 11.8 Å². The minimum absolute atomic E-state index is 0.0555. The van der Waals surface area contributed by atoms with Crippen molar-refractivity contribution in [2.24, 2.45) is 11.8 Å². The minimum Gasteiger partial charge on any atom is -0.461 e. The van der Waals surface area contributed by atoms with E-state index in [-0.39, 0.29) is 78.5 Å². The third kappa shape index (κ3) is 15.6. The highest BCUT2D eigenvalue weighted by atomic mass is 16.5. The van der Waals surface area contributed by atoms with Gasteiger partial charge >= 0.3 is 11.9 Å². The summed E-state index contributed by atoms with van der Waals surface area (Å²) in [6, 6.07) is 20.0. The van der Waals surface area contributed by atoms with Crippen molar-refractivity contribution in [1.29, 1.82) is 0 Å². The van der Waals surface area contributed by atoms with Crippen LogP contribution in [0.3, 0.4) is 0 Å². The average molecular weight is 997 g/mol. The number of carbonyl (C=O) groups excluding carboxylic acids is 8. The van der Waals surface area contributed by atoms with Crippen LogP contribution in [-0.4, -0.2) is 76.9 Å². The number of esters is 2. The summed E-state index contributed by atoms with van der Waals surface area (Å²) in [6.07, 6.45) is 9.72. The molecule has 0 radical (unpaired) electrons. The van der Waals surface area contributed by atoms with Crippen LogP contribution in [0.25, 0.3) is 16.7 Å². The van der Waals surface area contributed by atoms with E-state index in [1.807, 2.05) is 44.2 Å². The van der Waals surface area contributed by atoms with E-state index >= 15 is 0 Å². The maximum atomic E-state index is 13.1. The van der Waals surface area contributed by atoms with Crippen LogP contribution in [-0.2, 0) is 49.6 Å². The van der Waals surface area contributed by atoms with E-state index in [4.69, 9.17) is 9.47 Å². The molecule has 3 aromatic rings. The number of unbranched alkanes of at least 4 members (excludes halogenated alkanes) is 1. The number of amides is 6. The van der Waals surface area contributed by atoms with Crippen LogP contribution in [0.4, 0.5) is 11.4 Å². The van der Waals surface area contributed by atoms with Gasteiger partial charge < -0.3 is 35.6 Å². The Morgan fingerprint density at radius 1 is 0.685 bits per heavy atom. The molecule has 3 aliphatic rings. The van der Waals surface area contributed by atoms with E-state index in [0.29, 0.717) is 29.5 Å². The summed E-state index contributed by atoms with van der Waals surface area (Å²) >= 11 is 0. The number of benzene rings is 3. The number of allylic oxidation sites excluding steroid dienone is 1. The molecule has 16 nitrogen and oxygen atoms in total. The fourth-order valence-electron chi connectivity index (χ4n) is 8.66. The summed E-state index contributed by atoms with van der Waals surface area (Å²) in [5, 5.41) is 10.3. The Balaban J connectivity index is 0.000000272. The molecular formula is C57H68N6O10. The quantitative estimate of drug-likeness (QED) is 0.0623. The summed E-state index contributed by atoms with van der Waals surface area (Å²) in [6.45, 7) is 24.7. The van der Waals surface area contributed by atoms with Crippen LogP contribution in [0.15, 0.2) is 121 Å². The van der Waals surface area contributed by atoms with Crippen LogP contribution < -0.4 is 21.3 Å². The zero-order valence-corrected chi connectivity index (χ0v) is 42.7. The second kappa shape index (κ2) is 26.5. The van der Waals surface area contributed by atoms with Gasteiger partial charge in [-0.2, -0.15) is 0 Å². The van der Waals surface area contributed by atoms with E-state index in [1.54, 1.807) is 36.4 Å². The fraction of sp³-hybridized carbons (Fsp3) is 0.368. The lowest BCUT2D eigenvalue weighted by Gasteiger charge is -2.21. The zero-order valence-electron chi connectivity index (χ0n) is 42.7. The maximum Gasteiger partial charge on any atom is 0.354 e. The Labute approximate surface area is 428 Å². The van der Waals surface area contributed by atoms with Crippen molar-refractivity contribution in [1.82, 2.24) is 20.4 Å². The molecule has 2 fully saturated rings. The normalized spacial score (nSPS) is 15.1. The number of anilines is 2. The Bertz CT molecular complexity index is 2680. The second-order valence-corrected chi connectivity index (χ2v) is 18.5. The molecule has 1 unspecified atom stereocenters. The number of likely N-dealkylation sites (tertiary alicyclic amines) is 1. The molecule has 1 aliphatic carbocycles. The lowest BCUT2D eigenvalue weighted by atomic mass is 9.90. The lowest BCUT2D eigenvalue weighted by Crippen LogP contribution is -2.36. The molecule has 1 atom stereocenters. The minimum atomic E-state index is -0.706. The first kappa shape index (κ1) is 56.0. The average Bonchev–Trinajstić information content (AvgIpc) is 3.94. The molecule has 1 saturated carbocycles. The molecule has 3 aromatic carbocycles. The number of nitrogens with zero attached hydrogens (tertiary/aromatic N) is 2. The summed E-state index contributed by atoms with van der Waals surface area (Å²) < 4.78 is 10.6. The van der Waals surface area contributed by atoms with Gasteiger partial charge in [0, 0.05) is 37.3 Å². The molecule has 16 heteroatoms. The number of nitrogens with one attached hydrogen (secondary N) is 4. The standard InChI is InChI=1S/C30H35N3O5.C27H33N3O5/c1-6-8-10-22(7-2)18-38-30(37)19(3)31-28(35)20(4)33-17-27-25(11-9-12-26(27)29(33)36)23-13-15-24(16-14-23)32-21(5)34;1-17(22-10-12-24(13-11-22)29-20(4)31)23-14-25(32)30(15-23)19(3)26(33)28-18(2)27(34)35-16-21-8-6-5-7-9-21/h9,11-16,22H,3-4,6-8,10,17-18H2,1-2,5H3,(H,31,35)(H,32,34);10-13,21H,2-3,5-9,14-16H2,1,4H3,(H,28,33)(H,29,31)/b;23-17-. The van der Waals surface area contributed by atoms with Crippen LogP contribution in [0.1, 0.15) is 120 Å². The number of hydrogen-bond acceptors (Lipinski definition) is 10. The molecule has 73 heavy (non-hydrogen) atoms. The molecule has 386 valence electrons. The molecule has 6 amide bonds. The third-order valence-electron chi connectivity index (χ3n) is 13.0. The van der Waals surface area contributed by atoms with E-state index in [2.05, 4.69) is 54.5 Å². The van der Waals surface area contributed by atoms with Gasteiger partial charge in [-0.25, -0.2) is 9.59 Å². The van der Waals surface area contributed by atoms with Gasteiger partial charge in [-0.05, 0) is 102 Å². The highest BCUT2D eigenvalue weighted by Gasteiger charge is 2.35. The van der Waals surface area contributed by atoms with Crippen molar-refractivity contribution in [3.63, 3.8) is 0 Å². The first-order valence-corrected chi connectivity index (χ1v) is 24.7. The van der Waals surface area contributed by atoms with Crippen molar-refractivity contribution in [3.05, 3.63) is 138 Å². The summed E-state index contributed by atoms with van der Waals surface area (Å²) in [4.78, 5) is 101. The highest BCUT2D eigenvalue weighted by Crippen LogP contribution is 2.35. The Kier molecular flexibility index (Phi) is 20.4. The summed E-state index contributed by atoms with van der Waals surface area (Å²) in [5.74, 6) is -3.06. The topological polar surface area (TPSA) is 210 Å². The van der Waals surface area contributed by atoms with E-state index < -0.39 is 23.8 Å². The van der Waals surface area contributed by atoms with Gasteiger partial charge in [-0.15, -0.1) is 0 Å². The number of rotatable bonds is 20. The van der Waals surface area contributed by atoms with Crippen LogP contribution >= 0.6 is 0 Å². The summed E-state index contributed by atoms with van der Waals surface area (Å²) in [7, 11) is 0. The van der Waals surface area contributed by atoms with Gasteiger partial charge in [0.2, 0.25) is 17.7 Å². The van der Waals surface area contributed by atoms with E-state index in [9.17, 15) is 38.4 Å². The molecule has 2 heterocycles. The third-order valence-corrected chi connectivity index (χ3v) is 13.0. The number of carbonyl (C=O) groups is 8. The maximum absolute atomic E-state index is 13.1. The first-order chi connectivity index (χ1) is 34.8. The molecule has 4 N–H and O–H groups in total. The van der Waals surface area contributed by atoms with E-state index in [1.165, 1.54) is 30.1 Å². The molecule has 0 spiro atoms. The molecule has 6 rings (SSSR count). The Hall–Kier alpha value is -7.88. The fourth-order valence-corrected chi connectivity index (χ4v) is 8.66. The van der Waals surface area contributed by atoms with Crippen LogP contribution in [0.5, 0.6) is 0 Å². The van der Waals surface area contributed by atoms with Gasteiger partial charge in [0.25, 0.3) is 17.7 Å². The number of fused-ring (bicyclic) bond motifs is 1. The van der Waals surface area contributed by atoms with Gasteiger partial charge in [-0.1, -0.05) is 115 Å². The molecule has 2 aliphatic heterocycles. The number of hydrogen-bond donors (Lipinski definition) is 4. The van der Waals surface area contributed by atoms with Crippen molar-refractivity contribution < 1.29 is 47.8 Å². The van der Waals surface area contributed by atoms with Gasteiger partial charge in [-0.3, -0.25) is 33.7 Å². The van der Waals surface area contributed by atoms with Gasteiger partial charge in [0.1, 0.15) is 22.8 Å². The molecule has 0 aromatic heterocycles. The monoisotopic (exact) mass is 996 g/mol. The predicted octanol–water partition coefficient (Wildman–Crippen LogP) is 9.09. The Morgan fingerprint density at radius 2 is 1.23 bits per heavy atom. The number of ether oxygens (including phenoxy) is 2. The smallest absolute Gasteiger partial charge is 0.354 e. The summed E-state index contributed by atoms with van der Waals surface area (Å²) in [5.41, 5.74) is 6.44. The van der Waals surface area contributed by atoms with Crippen molar-refractivity contribution in [3.8, 4) is 11.1 Å². The van der Waals surface area contributed by atoms with Gasteiger partial charge in [0.15, 0.2) is 0 Å². The highest BCUT2D eigenvalue weighted by molar-refractivity contribution is 6.08. The van der Waals surface area contributed by atoms with Crippen LogP contribution in [0.2, 0.25) is 0 Å². The van der Waals surface area contributed by atoms with Gasteiger partial charge in [0.05, 0.1) is 26.2 Å². The second-order valence-electron chi connectivity index (χ2n) is 18.5. The predicted molar refractivity (Wildman–Crippen MR) is 280 cm³/mol. The van der Waals surface area contributed by atoms with Crippen molar-refractivity contribution >= 4 is 64.3 Å². The molecule has 1 saturated heterocycles. The molecule has 0 bridgehead atoms. The molecular weight excluding hydrogens is 929 g/mol. The SMILES string of the molecule is C=C(NC(=O)C(=C)N1C/C(=C(/C)c2ccc(NC(C)=O)cc2)CC1=O)C(=O)OCC1CCCCC1.C=C(NC(=O)C(=C)N1Cc2c(cccc2-c2ccc(NC(C)=O)cc2)C1=O)C(=O)OCC(CC)CCCC.